The van der Waals surface area contributed by atoms with Crippen molar-refractivity contribution in [2.45, 2.75) is 58.0 Å². The van der Waals surface area contributed by atoms with Crippen molar-refractivity contribution < 1.29 is 5.11 Å². The topological polar surface area (TPSA) is 19.9 Å². The van der Waals surface area contributed by atoms with Crippen LogP contribution in [0.15, 0.2) is 42.5 Å². The van der Waals surface area contributed by atoms with E-state index in [1.807, 2.05) is 0 Å². The molecule has 20 heavy (non-hydrogen) atoms. The van der Waals surface area contributed by atoms with Gasteiger partial charge in [0, 0.05) is 0 Å². The van der Waals surface area contributed by atoms with Crippen LogP contribution in [0.25, 0.3) is 10.8 Å². The highest BCUT2D eigenvalue weighted by Crippen LogP contribution is 2.21. The fourth-order valence-corrected chi connectivity index (χ4v) is 2.77. The van der Waals surface area contributed by atoms with Crippen LogP contribution >= 0.6 is 0 Å². The maximum Gasteiger partial charge on any atom is 0.0933 e. The third-order valence-electron chi connectivity index (χ3n) is 4.00. The van der Waals surface area contributed by atoms with E-state index >= 15 is 0 Å². The molecule has 1 atom stereocenters. The fraction of sp³-hybridized carbons (Fsp3) is 0.474. The van der Waals surface area contributed by atoms with E-state index in [0.717, 1.165) is 25.7 Å². The lowest BCUT2D eigenvalue weighted by Gasteiger charge is -2.10. The highest BCUT2D eigenvalue weighted by Gasteiger charge is 2.08. The number of benzene rings is 2. The van der Waals surface area contributed by atoms with Gasteiger partial charge in [0.2, 0.25) is 0 Å². The SMILES string of the molecule is CCCCCCC([O])CCc1cccc2ccccc12. The Bertz CT molecular complexity index is 513. The van der Waals surface area contributed by atoms with Gasteiger partial charge in [0.1, 0.15) is 0 Å². The summed E-state index contributed by atoms with van der Waals surface area (Å²) in [5.74, 6) is 0. The Kier molecular flexibility index (Phi) is 6.07. The molecule has 107 valence electrons. The van der Waals surface area contributed by atoms with Gasteiger partial charge in [0.25, 0.3) is 0 Å². The Morgan fingerprint density at radius 3 is 2.55 bits per heavy atom. The average Bonchev–Trinajstić information content (AvgIpc) is 2.49. The summed E-state index contributed by atoms with van der Waals surface area (Å²) < 4.78 is 0. The highest BCUT2D eigenvalue weighted by molar-refractivity contribution is 5.85. The molecule has 0 aliphatic carbocycles. The van der Waals surface area contributed by atoms with Crippen LogP contribution in [0.4, 0.5) is 0 Å². The number of unbranched alkanes of at least 4 members (excludes halogenated alkanes) is 3. The van der Waals surface area contributed by atoms with Crippen molar-refractivity contribution >= 4 is 10.8 Å². The van der Waals surface area contributed by atoms with Gasteiger partial charge in [0.05, 0.1) is 6.10 Å². The third kappa shape index (κ3) is 4.35. The largest absolute Gasteiger partial charge is 0.233 e. The molecule has 0 amide bonds. The van der Waals surface area contributed by atoms with Gasteiger partial charge in [0.15, 0.2) is 0 Å². The molecule has 1 heteroatoms. The van der Waals surface area contributed by atoms with Crippen molar-refractivity contribution in [3.63, 3.8) is 0 Å². The molecule has 0 saturated heterocycles. The maximum atomic E-state index is 12.0. The summed E-state index contributed by atoms with van der Waals surface area (Å²) in [5.41, 5.74) is 1.32. The standard InChI is InChI=1S/C19H25O/c1-2-3-4-5-12-18(20)15-14-17-11-8-10-16-9-6-7-13-19(16)17/h6-11,13,18H,2-5,12,14-15H2,1H3. The molecule has 1 nitrogen and oxygen atoms in total. The Morgan fingerprint density at radius 1 is 0.900 bits per heavy atom. The molecular weight excluding hydrogens is 244 g/mol. The lowest BCUT2D eigenvalue weighted by Crippen LogP contribution is -2.06. The number of aryl methyl sites for hydroxylation is 1. The Balaban J connectivity index is 1.86. The minimum absolute atomic E-state index is 0.397. The highest BCUT2D eigenvalue weighted by atomic mass is 16.3. The van der Waals surface area contributed by atoms with Crippen LogP contribution < -0.4 is 0 Å². The smallest absolute Gasteiger partial charge is 0.0933 e. The van der Waals surface area contributed by atoms with Crippen molar-refractivity contribution in [3.05, 3.63) is 48.0 Å². The molecule has 2 aromatic rings. The molecule has 0 spiro atoms. The zero-order valence-electron chi connectivity index (χ0n) is 12.5. The van der Waals surface area contributed by atoms with Crippen molar-refractivity contribution in [1.82, 2.24) is 0 Å². The molecule has 0 aliphatic rings. The Hall–Kier alpha value is -1.34. The maximum absolute atomic E-state index is 12.0. The molecule has 1 unspecified atom stereocenters. The molecule has 0 N–H and O–H groups in total. The first kappa shape index (κ1) is 15.1. The van der Waals surface area contributed by atoms with Crippen LogP contribution in [-0.4, -0.2) is 6.10 Å². The van der Waals surface area contributed by atoms with Gasteiger partial charge in [-0.05, 0) is 35.6 Å². The molecule has 0 fully saturated rings. The van der Waals surface area contributed by atoms with Gasteiger partial charge in [-0.25, -0.2) is 5.11 Å². The van der Waals surface area contributed by atoms with E-state index in [2.05, 4.69) is 49.4 Å². The quantitative estimate of drug-likeness (QED) is 0.560. The van der Waals surface area contributed by atoms with Gasteiger partial charge < -0.3 is 0 Å². The van der Waals surface area contributed by atoms with E-state index in [4.69, 9.17) is 0 Å². The van der Waals surface area contributed by atoms with E-state index in [0.29, 0.717) is 0 Å². The van der Waals surface area contributed by atoms with Crippen LogP contribution in [-0.2, 0) is 11.5 Å². The number of hydrogen-bond acceptors (Lipinski definition) is 0. The predicted octanol–water partition coefficient (Wildman–Crippen LogP) is 5.54. The molecular formula is C19H25O. The normalized spacial score (nSPS) is 12.7. The van der Waals surface area contributed by atoms with Crippen LogP contribution in [0.2, 0.25) is 0 Å². The second-order valence-corrected chi connectivity index (χ2v) is 5.65. The monoisotopic (exact) mass is 269 g/mol. The molecule has 0 heterocycles. The van der Waals surface area contributed by atoms with E-state index in [1.165, 1.54) is 35.6 Å². The lowest BCUT2D eigenvalue weighted by molar-refractivity contribution is 0.0716. The van der Waals surface area contributed by atoms with Gasteiger partial charge in [-0.3, -0.25) is 0 Å². The fourth-order valence-electron chi connectivity index (χ4n) is 2.77. The first-order valence-corrected chi connectivity index (χ1v) is 7.93. The third-order valence-corrected chi connectivity index (χ3v) is 4.00. The Morgan fingerprint density at radius 2 is 1.70 bits per heavy atom. The van der Waals surface area contributed by atoms with Gasteiger partial charge in [-0.1, -0.05) is 75.1 Å². The summed E-state index contributed by atoms with van der Waals surface area (Å²) in [6.45, 7) is 2.20. The average molecular weight is 269 g/mol. The Labute approximate surface area is 122 Å². The molecule has 0 aromatic heterocycles. The van der Waals surface area contributed by atoms with Crippen molar-refractivity contribution in [3.8, 4) is 0 Å². The molecule has 0 saturated carbocycles. The minimum atomic E-state index is -0.397. The molecule has 0 bridgehead atoms. The summed E-state index contributed by atoms with van der Waals surface area (Å²) in [7, 11) is 0. The van der Waals surface area contributed by atoms with Crippen LogP contribution in [0.5, 0.6) is 0 Å². The minimum Gasteiger partial charge on any atom is -0.233 e. The second-order valence-electron chi connectivity index (χ2n) is 5.65. The predicted molar refractivity (Wildman–Crippen MR) is 85.5 cm³/mol. The molecule has 2 aromatic carbocycles. The van der Waals surface area contributed by atoms with E-state index in [9.17, 15) is 5.11 Å². The molecule has 1 radical (unpaired) electrons. The summed E-state index contributed by atoms with van der Waals surface area (Å²) in [6, 6.07) is 14.8. The second kappa shape index (κ2) is 8.06. The number of rotatable bonds is 8. The van der Waals surface area contributed by atoms with Gasteiger partial charge in [-0.2, -0.15) is 0 Å². The van der Waals surface area contributed by atoms with Crippen LogP contribution in [0.1, 0.15) is 51.0 Å². The number of hydrogen-bond donors (Lipinski definition) is 0. The summed E-state index contributed by atoms with van der Waals surface area (Å²) in [5, 5.41) is 14.6. The van der Waals surface area contributed by atoms with E-state index < -0.39 is 6.10 Å². The zero-order valence-corrected chi connectivity index (χ0v) is 12.5. The van der Waals surface area contributed by atoms with Crippen LogP contribution in [0.3, 0.4) is 0 Å². The van der Waals surface area contributed by atoms with Crippen molar-refractivity contribution in [1.29, 1.82) is 0 Å². The molecule has 0 aliphatic heterocycles. The first-order valence-electron chi connectivity index (χ1n) is 7.93. The zero-order chi connectivity index (χ0) is 14.2. The van der Waals surface area contributed by atoms with Gasteiger partial charge in [-0.15, -0.1) is 0 Å². The van der Waals surface area contributed by atoms with E-state index in [1.54, 1.807) is 0 Å². The summed E-state index contributed by atoms with van der Waals surface area (Å²) >= 11 is 0. The van der Waals surface area contributed by atoms with E-state index in [-0.39, 0.29) is 0 Å². The van der Waals surface area contributed by atoms with Crippen LogP contribution in [0, 0.1) is 0 Å². The number of fused-ring (bicyclic) bond motifs is 1. The summed E-state index contributed by atoms with van der Waals surface area (Å²) in [6.07, 6.45) is 6.91. The van der Waals surface area contributed by atoms with Crippen molar-refractivity contribution in [2.24, 2.45) is 0 Å². The first-order chi connectivity index (χ1) is 9.81. The summed E-state index contributed by atoms with van der Waals surface area (Å²) in [4.78, 5) is 0. The molecule has 2 rings (SSSR count). The lowest BCUT2D eigenvalue weighted by atomic mass is 9.98. The van der Waals surface area contributed by atoms with Gasteiger partial charge >= 0.3 is 0 Å². The van der Waals surface area contributed by atoms with Crippen molar-refractivity contribution in [2.75, 3.05) is 0 Å².